The summed E-state index contributed by atoms with van der Waals surface area (Å²) in [7, 11) is 0. The molecule has 0 aromatic carbocycles. The molecule has 0 heterocycles. The van der Waals surface area contributed by atoms with Crippen molar-refractivity contribution in [2.45, 2.75) is 232 Å². The van der Waals surface area contributed by atoms with Crippen molar-refractivity contribution >= 4 is 17.8 Å². The van der Waals surface area contributed by atoms with Gasteiger partial charge in [-0.05, 0) is 33.1 Å². The van der Waals surface area contributed by atoms with E-state index in [1.54, 1.807) is 19.9 Å². The van der Waals surface area contributed by atoms with Gasteiger partial charge in [0.15, 0.2) is 0 Å². The molecule has 3 N–H and O–H groups in total. The van der Waals surface area contributed by atoms with Crippen LogP contribution in [0.3, 0.4) is 0 Å². The molecule has 0 aliphatic rings. The maximum atomic E-state index is 12.8. The number of aliphatic hydroxyl groups excluding tert-OH is 2. The average Bonchev–Trinajstić information content (AvgIpc) is 3.09. The Morgan fingerprint density at radius 3 is 1.53 bits per heavy atom. The van der Waals surface area contributed by atoms with Gasteiger partial charge in [-0.3, -0.25) is 14.4 Å². The van der Waals surface area contributed by atoms with E-state index >= 15 is 0 Å². The molecule has 0 aliphatic heterocycles. The highest BCUT2D eigenvalue weighted by atomic mass is 16.6. The summed E-state index contributed by atoms with van der Waals surface area (Å²) in [5.74, 6) is -1.30. The minimum Gasteiger partial charge on any atom is -0.463 e. The number of hydrogen-bond donors (Lipinski definition) is 3. The summed E-state index contributed by atoms with van der Waals surface area (Å²) < 4.78 is 10.7. The molecule has 0 saturated heterocycles. The third-order valence-corrected chi connectivity index (χ3v) is 9.63. The van der Waals surface area contributed by atoms with Gasteiger partial charge in [0.05, 0.1) is 25.0 Å². The Hall–Kier alpha value is -1.93. The second-order valence-electron chi connectivity index (χ2n) is 15.3. The van der Waals surface area contributed by atoms with Gasteiger partial charge in [0.1, 0.15) is 12.2 Å². The number of aliphatic hydroxyl groups is 2. The van der Waals surface area contributed by atoms with Gasteiger partial charge >= 0.3 is 11.9 Å². The standard InChI is InChI=1S/C43H81NO7/c1-5-7-9-11-13-15-17-19-21-23-25-27-29-31-39(46)38(37-50-41(48)33-34-42(49)51-43(3,4)35-36-45)44-40(47)32-30-28-26-24-22-20-18-16-14-12-10-8-6-2/h29,31,38-39,45-46H,5-28,30,32-37H2,1-4H3,(H,44,47)/b31-29+/t38-,39+/m0/s1. The average molecular weight is 724 g/mol. The predicted molar refractivity (Wildman–Crippen MR) is 211 cm³/mol. The zero-order chi connectivity index (χ0) is 37.8. The fourth-order valence-electron chi connectivity index (χ4n) is 6.24. The smallest absolute Gasteiger partial charge is 0.306 e. The van der Waals surface area contributed by atoms with E-state index in [-0.39, 0.29) is 32.0 Å². The number of allylic oxidation sites excluding steroid dienone is 1. The number of unbranched alkanes of at least 4 members (excludes halogenated alkanes) is 23. The maximum absolute atomic E-state index is 12.8. The lowest BCUT2D eigenvalue weighted by Crippen LogP contribution is -2.46. The maximum Gasteiger partial charge on any atom is 0.306 e. The first-order valence-corrected chi connectivity index (χ1v) is 21.3. The minimum absolute atomic E-state index is 0.106. The van der Waals surface area contributed by atoms with Gasteiger partial charge in [0, 0.05) is 19.4 Å². The SMILES string of the molecule is CCCCCCCCCCCCC/C=C/[C@@H](O)[C@H](COC(=O)CCC(=O)OC(C)(C)CCO)NC(=O)CCCCCCCCCCCCCCC. The molecular weight excluding hydrogens is 642 g/mol. The molecule has 300 valence electrons. The molecule has 0 aromatic heterocycles. The van der Waals surface area contributed by atoms with Crippen molar-refractivity contribution < 1.29 is 34.1 Å². The van der Waals surface area contributed by atoms with Crippen LogP contribution in [-0.4, -0.2) is 59.0 Å². The van der Waals surface area contributed by atoms with Crippen LogP contribution in [0.5, 0.6) is 0 Å². The molecule has 0 aromatic rings. The molecule has 0 radical (unpaired) electrons. The van der Waals surface area contributed by atoms with Crippen LogP contribution in [0.1, 0.15) is 214 Å². The van der Waals surface area contributed by atoms with Crippen LogP contribution in [0.4, 0.5) is 0 Å². The molecule has 0 fully saturated rings. The van der Waals surface area contributed by atoms with Crippen molar-refractivity contribution in [1.82, 2.24) is 5.32 Å². The molecule has 0 saturated carbocycles. The first-order chi connectivity index (χ1) is 24.6. The van der Waals surface area contributed by atoms with Crippen LogP contribution < -0.4 is 5.32 Å². The highest BCUT2D eigenvalue weighted by Crippen LogP contribution is 2.17. The molecule has 8 heteroatoms. The zero-order valence-electron chi connectivity index (χ0n) is 33.7. The minimum atomic E-state index is -0.995. The van der Waals surface area contributed by atoms with Crippen molar-refractivity contribution in [3.63, 3.8) is 0 Å². The van der Waals surface area contributed by atoms with Gasteiger partial charge in [-0.25, -0.2) is 0 Å². The number of esters is 2. The largest absolute Gasteiger partial charge is 0.463 e. The normalized spacial score (nSPS) is 13.0. The Morgan fingerprint density at radius 2 is 1.06 bits per heavy atom. The molecule has 2 atom stereocenters. The monoisotopic (exact) mass is 724 g/mol. The van der Waals surface area contributed by atoms with E-state index in [0.717, 1.165) is 38.5 Å². The van der Waals surface area contributed by atoms with Gasteiger partial charge in [-0.15, -0.1) is 0 Å². The summed E-state index contributed by atoms with van der Waals surface area (Å²) in [6, 6.07) is -0.771. The third-order valence-electron chi connectivity index (χ3n) is 9.63. The van der Waals surface area contributed by atoms with E-state index in [2.05, 4.69) is 19.2 Å². The molecule has 0 unspecified atom stereocenters. The highest BCUT2D eigenvalue weighted by molar-refractivity contribution is 5.78. The Balaban J connectivity index is 4.58. The Kier molecular flexibility index (Phi) is 33.8. The van der Waals surface area contributed by atoms with Crippen LogP contribution >= 0.6 is 0 Å². The van der Waals surface area contributed by atoms with Gasteiger partial charge in [0.2, 0.25) is 5.91 Å². The number of nitrogens with one attached hydrogen (secondary N) is 1. The second kappa shape index (κ2) is 35.1. The summed E-state index contributed by atoms with van der Waals surface area (Å²) in [6.07, 6.45) is 34.0. The fourth-order valence-corrected chi connectivity index (χ4v) is 6.24. The van der Waals surface area contributed by atoms with Crippen LogP contribution in [0.15, 0.2) is 12.2 Å². The summed E-state index contributed by atoms with van der Waals surface area (Å²) >= 11 is 0. The topological polar surface area (TPSA) is 122 Å². The van der Waals surface area contributed by atoms with E-state index in [4.69, 9.17) is 14.6 Å². The second-order valence-corrected chi connectivity index (χ2v) is 15.3. The fraction of sp³-hybridized carbons (Fsp3) is 0.884. The van der Waals surface area contributed by atoms with E-state index in [1.165, 1.54) is 122 Å². The Labute approximate surface area is 313 Å². The lowest BCUT2D eigenvalue weighted by Gasteiger charge is -2.24. The summed E-state index contributed by atoms with van der Waals surface area (Å²) in [5.41, 5.74) is -0.817. The predicted octanol–water partition coefficient (Wildman–Crippen LogP) is 10.6. The van der Waals surface area contributed by atoms with Crippen LogP contribution in [0, 0.1) is 0 Å². The van der Waals surface area contributed by atoms with E-state index in [1.807, 2.05) is 6.08 Å². The van der Waals surface area contributed by atoms with Crippen molar-refractivity contribution in [1.29, 1.82) is 0 Å². The lowest BCUT2D eigenvalue weighted by atomic mass is 10.0. The zero-order valence-corrected chi connectivity index (χ0v) is 33.7. The molecule has 0 aliphatic carbocycles. The molecule has 0 rings (SSSR count). The van der Waals surface area contributed by atoms with E-state index in [0.29, 0.717) is 12.8 Å². The number of rotatable bonds is 37. The number of amides is 1. The first kappa shape index (κ1) is 49.1. The summed E-state index contributed by atoms with van der Waals surface area (Å²) in [4.78, 5) is 37.5. The van der Waals surface area contributed by atoms with Gasteiger partial charge in [-0.1, -0.05) is 167 Å². The molecule has 0 bridgehead atoms. The van der Waals surface area contributed by atoms with Crippen LogP contribution in [0.2, 0.25) is 0 Å². The molecule has 51 heavy (non-hydrogen) atoms. The van der Waals surface area contributed by atoms with E-state index < -0.39 is 29.7 Å². The molecule has 1 amide bonds. The molecule has 0 spiro atoms. The molecule has 8 nitrogen and oxygen atoms in total. The highest BCUT2D eigenvalue weighted by Gasteiger charge is 2.24. The van der Waals surface area contributed by atoms with Gasteiger partial charge < -0.3 is 25.0 Å². The van der Waals surface area contributed by atoms with Crippen molar-refractivity contribution in [2.24, 2.45) is 0 Å². The van der Waals surface area contributed by atoms with Gasteiger partial charge in [0.25, 0.3) is 0 Å². The third kappa shape index (κ3) is 33.6. The first-order valence-electron chi connectivity index (χ1n) is 21.3. The van der Waals surface area contributed by atoms with E-state index in [9.17, 15) is 19.5 Å². The van der Waals surface area contributed by atoms with Crippen molar-refractivity contribution in [3.05, 3.63) is 12.2 Å². The summed E-state index contributed by atoms with van der Waals surface area (Å²) in [5, 5.41) is 23.0. The quantitative estimate of drug-likeness (QED) is 0.0331. The number of carbonyl (C=O) groups is 3. The lowest BCUT2D eigenvalue weighted by molar-refractivity contribution is -0.160. The van der Waals surface area contributed by atoms with Crippen molar-refractivity contribution in [3.8, 4) is 0 Å². The van der Waals surface area contributed by atoms with Crippen LogP contribution in [-0.2, 0) is 23.9 Å². The Morgan fingerprint density at radius 1 is 0.627 bits per heavy atom. The van der Waals surface area contributed by atoms with Gasteiger partial charge in [-0.2, -0.15) is 0 Å². The van der Waals surface area contributed by atoms with Crippen LogP contribution in [0.25, 0.3) is 0 Å². The number of ether oxygens (including phenoxy) is 2. The number of carbonyl (C=O) groups excluding carboxylic acids is 3. The Bertz CT molecular complexity index is 859. The molecular formula is C43H81NO7. The summed E-state index contributed by atoms with van der Waals surface area (Å²) in [6.45, 7) is 7.62. The van der Waals surface area contributed by atoms with Crippen molar-refractivity contribution in [2.75, 3.05) is 13.2 Å². The number of hydrogen-bond acceptors (Lipinski definition) is 7.